The first-order valence-electron chi connectivity index (χ1n) is 7.98. The minimum Gasteiger partial charge on any atom is -0.271 e. The van der Waals surface area contributed by atoms with Gasteiger partial charge in [-0.1, -0.05) is 11.6 Å². The summed E-state index contributed by atoms with van der Waals surface area (Å²) in [5.41, 5.74) is 5.34. The van der Waals surface area contributed by atoms with Crippen LogP contribution in [-0.4, -0.2) is 15.6 Å². The lowest BCUT2D eigenvalue weighted by Crippen LogP contribution is -2.00. The molecular formula is C17H20N4O4. The normalized spacial score (nSPS) is 15.5. The lowest BCUT2D eigenvalue weighted by atomic mass is 9.92. The van der Waals surface area contributed by atoms with Gasteiger partial charge in [-0.25, -0.2) is 0 Å². The maximum atomic E-state index is 11.1. The molecule has 0 atom stereocenters. The maximum Gasteiger partial charge on any atom is 0.301 e. The quantitative estimate of drug-likeness (QED) is 0.455. The molecule has 0 unspecified atom stereocenters. The summed E-state index contributed by atoms with van der Waals surface area (Å²) in [4.78, 5) is 20.5. The summed E-state index contributed by atoms with van der Waals surface area (Å²) in [6.45, 7) is 3.91. The van der Waals surface area contributed by atoms with E-state index in [1.807, 2.05) is 12.2 Å². The van der Waals surface area contributed by atoms with Crippen LogP contribution in [-0.2, 0) is 0 Å². The molecule has 1 aliphatic carbocycles. The first kappa shape index (κ1) is 18.3. The number of hydrogen-bond acceptors (Lipinski definition) is 6. The Hall–Kier alpha value is -3.03. The number of nitro benzene ring substituents is 2. The third-order valence-corrected chi connectivity index (χ3v) is 4.06. The van der Waals surface area contributed by atoms with Crippen LogP contribution in [0.25, 0.3) is 0 Å². The number of nitrogens with one attached hydrogen (secondary N) is 1. The van der Waals surface area contributed by atoms with E-state index in [-0.39, 0.29) is 17.1 Å². The van der Waals surface area contributed by atoms with Gasteiger partial charge in [0.05, 0.1) is 21.6 Å². The van der Waals surface area contributed by atoms with E-state index in [2.05, 4.69) is 17.5 Å². The van der Waals surface area contributed by atoms with Gasteiger partial charge in [-0.15, -0.1) is 0 Å². The smallest absolute Gasteiger partial charge is 0.271 e. The summed E-state index contributed by atoms with van der Waals surface area (Å²) in [7, 11) is 0. The van der Waals surface area contributed by atoms with Crippen molar-refractivity contribution in [3.8, 4) is 0 Å². The van der Waals surface area contributed by atoms with Crippen LogP contribution in [0, 0.1) is 20.2 Å². The molecule has 1 aliphatic rings. The van der Waals surface area contributed by atoms with Gasteiger partial charge in [-0.2, -0.15) is 5.10 Å². The van der Waals surface area contributed by atoms with E-state index in [9.17, 15) is 20.2 Å². The Labute approximate surface area is 145 Å². The molecule has 0 radical (unpaired) electrons. The van der Waals surface area contributed by atoms with Gasteiger partial charge in [0.15, 0.2) is 0 Å². The summed E-state index contributed by atoms with van der Waals surface area (Å²) in [6.07, 6.45) is 8.45. The van der Waals surface area contributed by atoms with Crippen molar-refractivity contribution in [3.63, 3.8) is 0 Å². The maximum absolute atomic E-state index is 11.1. The molecule has 2 rings (SSSR count). The molecule has 0 saturated heterocycles. The fraction of sp³-hybridized carbons (Fsp3) is 0.353. The zero-order chi connectivity index (χ0) is 18.4. The van der Waals surface area contributed by atoms with E-state index in [0.29, 0.717) is 5.71 Å². The third-order valence-electron chi connectivity index (χ3n) is 4.06. The first-order valence-corrected chi connectivity index (χ1v) is 7.98. The van der Waals surface area contributed by atoms with Crippen LogP contribution < -0.4 is 5.43 Å². The van der Waals surface area contributed by atoms with Crippen LogP contribution in [0.5, 0.6) is 0 Å². The number of nitro groups is 2. The zero-order valence-electron chi connectivity index (χ0n) is 14.2. The SMILES string of the molecule is CC1=C(/C=C/C(C)=N/Nc2ccc([N+](=O)[O-])cc2[N+](=O)[O-])CCCC1. The predicted octanol–water partition coefficient (Wildman–Crippen LogP) is 4.74. The highest BCUT2D eigenvalue weighted by atomic mass is 16.6. The molecule has 8 heteroatoms. The molecule has 0 saturated carbocycles. The molecule has 25 heavy (non-hydrogen) atoms. The lowest BCUT2D eigenvalue weighted by Gasteiger charge is -2.14. The molecule has 0 fully saturated rings. The van der Waals surface area contributed by atoms with E-state index < -0.39 is 9.85 Å². The van der Waals surface area contributed by atoms with Crippen molar-refractivity contribution in [2.75, 3.05) is 5.43 Å². The van der Waals surface area contributed by atoms with Gasteiger partial charge in [0.25, 0.3) is 5.69 Å². The summed E-state index contributed by atoms with van der Waals surface area (Å²) in [6, 6.07) is 3.40. The van der Waals surface area contributed by atoms with Gasteiger partial charge >= 0.3 is 5.69 Å². The van der Waals surface area contributed by atoms with Crippen molar-refractivity contribution in [1.29, 1.82) is 0 Å². The summed E-state index contributed by atoms with van der Waals surface area (Å²) < 4.78 is 0. The monoisotopic (exact) mass is 344 g/mol. The van der Waals surface area contributed by atoms with Crippen LogP contribution in [0.15, 0.2) is 46.6 Å². The Bertz CT molecular complexity index is 781. The standard InChI is InChI=1S/C17H20N4O4/c1-12-5-3-4-6-14(12)8-7-13(2)18-19-16-10-9-15(20(22)23)11-17(16)21(24)25/h7-11,19H,3-6H2,1-2H3/b8-7+,18-13+. The Morgan fingerprint density at radius 1 is 1.20 bits per heavy atom. The molecule has 0 spiro atoms. The van der Waals surface area contributed by atoms with Crippen molar-refractivity contribution in [2.24, 2.45) is 5.10 Å². The number of anilines is 1. The molecule has 0 aliphatic heterocycles. The highest BCUT2D eigenvalue weighted by Gasteiger charge is 2.19. The summed E-state index contributed by atoms with van der Waals surface area (Å²) >= 11 is 0. The molecule has 0 bridgehead atoms. The van der Waals surface area contributed by atoms with Gasteiger partial charge < -0.3 is 0 Å². The largest absolute Gasteiger partial charge is 0.301 e. The average molecular weight is 344 g/mol. The summed E-state index contributed by atoms with van der Waals surface area (Å²) in [5, 5.41) is 25.9. The summed E-state index contributed by atoms with van der Waals surface area (Å²) in [5.74, 6) is 0. The topological polar surface area (TPSA) is 111 Å². The number of non-ortho nitro benzene ring substituents is 1. The first-order chi connectivity index (χ1) is 11.9. The Morgan fingerprint density at radius 2 is 1.92 bits per heavy atom. The minimum absolute atomic E-state index is 0.108. The van der Waals surface area contributed by atoms with Crippen LogP contribution in [0.2, 0.25) is 0 Å². The van der Waals surface area contributed by atoms with Gasteiger partial charge in [-0.05, 0) is 57.2 Å². The highest BCUT2D eigenvalue weighted by Crippen LogP contribution is 2.29. The number of hydrogen-bond donors (Lipinski definition) is 1. The van der Waals surface area contributed by atoms with Crippen LogP contribution in [0.3, 0.4) is 0 Å². The van der Waals surface area contributed by atoms with E-state index in [1.54, 1.807) is 6.92 Å². The third kappa shape index (κ3) is 4.97. The zero-order valence-corrected chi connectivity index (χ0v) is 14.2. The molecule has 0 amide bonds. The Kier molecular flexibility index (Phi) is 5.99. The van der Waals surface area contributed by atoms with Crippen LogP contribution in [0.1, 0.15) is 39.5 Å². The minimum atomic E-state index is -0.674. The second-order valence-corrected chi connectivity index (χ2v) is 5.93. The van der Waals surface area contributed by atoms with Gasteiger partial charge in [-0.3, -0.25) is 25.7 Å². The number of benzene rings is 1. The van der Waals surface area contributed by atoms with Crippen LogP contribution in [0.4, 0.5) is 17.1 Å². The van der Waals surface area contributed by atoms with Gasteiger partial charge in [0.2, 0.25) is 0 Å². The number of hydrazone groups is 1. The molecule has 0 aromatic heterocycles. The predicted molar refractivity (Wildman–Crippen MR) is 96.8 cm³/mol. The van der Waals surface area contributed by atoms with Crippen LogP contribution >= 0.6 is 0 Å². The van der Waals surface area contributed by atoms with E-state index in [0.717, 1.165) is 18.9 Å². The second-order valence-electron chi connectivity index (χ2n) is 5.93. The van der Waals surface area contributed by atoms with Crippen molar-refractivity contribution in [1.82, 2.24) is 0 Å². The second kappa shape index (κ2) is 8.18. The van der Waals surface area contributed by atoms with E-state index >= 15 is 0 Å². The molecule has 1 aromatic carbocycles. The molecule has 1 N–H and O–H groups in total. The van der Waals surface area contributed by atoms with E-state index in [4.69, 9.17) is 0 Å². The number of allylic oxidation sites excluding steroid dienone is 4. The van der Waals surface area contributed by atoms with Gasteiger partial charge in [0, 0.05) is 6.07 Å². The molecule has 132 valence electrons. The Balaban J connectivity index is 2.15. The Morgan fingerprint density at radius 3 is 2.56 bits per heavy atom. The van der Waals surface area contributed by atoms with Crippen molar-refractivity contribution < 1.29 is 9.85 Å². The van der Waals surface area contributed by atoms with Crippen molar-refractivity contribution in [2.45, 2.75) is 39.5 Å². The van der Waals surface area contributed by atoms with Gasteiger partial charge in [0.1, 0.15) is 5.69 Å². The fourth-order valence-corrected chi connectivity index (χ4v) is 2.59. The molecular weight excluding hydrogens is 324 g/mol. The molecule has 8 nitrogen and oxygen atoms in total. The highest BCUT2D eigenvalue weighted by molar-refractivity contribution is 5.93. The van der Waals surface area contributed by atoms with Crippen molar-refractivity contribution >= 4 is 22.8 Å². The number of nitrogens with zero attached hydrogens (tertiary/aromatic N) is 3. The molecule has 0 heterocycles. The fourth-order valence-electron chi connectivity index (χ4n) is 2.59. The van der Waals surface area contributed by atoms with Crippen molar-refractivity contribution in [3.05, 3.63) is 61.7 Å². The van der Waals surface area contributed by atoms with E-state index in [1.165, 1.54) is 36.1 Å². The molecule has 1 aromatic rings. The lowest BCUT2D eigenvalue weighted by molar-refractivity contribution is -0.393. The number of rotatable bonds is 6. The average Bonchev–Trinajstić information content (AvgIpc) is 2.58.